The minimum absolute atomic E-state index is 0.112. The number of hydrogen-bond acceptors (Lipinski definition) is 5. The van der Waals surface area contributed by atoms with E-state index in [0.717, 1.165) is 0 Å². The van der Waals surface area contributed by atoms with E-state index in [-0.39, 0.29) is 18.1 Å². The number of nitrogens with one attached hydrogen (secondary N) is 2. The summed E-state index contributed by atoms with van der Waals surface area (Å²) < 4.78 is 4.98. The zero-order valence-corrected chi connectivity index (χ0v) is 10.1. The summed E-state index contributed by atoms with van der Waals surface area (Å²) in [6.45, 7) is 0.530. The molecule has 0 saturated heterocycles. The summed E-state index contributed by atoms with van der Waals surface area (Å²) in [5, 5.41) is 4.75. The fourth-order valence-corrected chi connectivity index (χ4v) is 1.69. The van der Waals surface area contributed by atoms with E-state index in [4.69, 9.17) is 10.5 Å². The van der Waals surface area contributed by atoms with E-state index in [2.05, 4.69) is 10.6 Å². The second-order valence-corrected chi connectivity index (χ2v) is 3.93. The highest BCUT2D eigenvalue weighted by molar-refractivity contribution is 6.22. The van der Waals surface area contributed by atoms with Crippen molar-refractivity contribution in [2.24, 2.45) is 5.73 Å². The van der Waals surface area contributed by atoms with Crippen LogP contribution in [0.2, 0.25) is 0 Å². The van der Waals surface area contributed by atoms with Gasteiger partial charge in [-0.3, -0.25) is 19.7 Å². The number of hydrogen-bond donors (Lipinski definition) is 3. The van der Waals surface area contributed by atoms with Crippen LogP contribution in [0, 0.1) is 0 Å². The molecule has 0 unspecified atom stereocenters. The Morgan fingerprint density at radius 1 is 1.26 bits per heavy atom. The molecule has 0 radical (unpaired) electrons. The maximum Gasteiger partial charge on any atom is 0.259 e. The predicted molar refractivity (Wildman–Crippen MR) is 66.7 cm³/mol. The van der Waals surface area contributed by atoms with Crippen LogP contribution in [-0.4, -0.2) is 37.5 Å². The van der Waals surface area contributed by atoms with Gasteiger partial charge in [0.15, 0.2) is 0 Å². The largest absolute Gasteiger partial charge is 0.370 e. The van der Waals surface area contributed by atoms with Gasteiger partial charge >= 0.3 is 0 Å². The topological polar surface area (TPSA) is 111 Å². The lowest BCUT2D eigenvalue weighted by Crippen LogP contribution is -2.21. The summed E-state index contributed by atoms with van der Waals surface area (Å²) in [6, 6.07) is 4.50. The van der Waals surface area contributed by atoms with Crippen molar-refractivity contribution in [3.8, 4) is 0 Å². The van der Waals surface area contributed by atoms with Crippen molar-refractivity contribution in [1.29, 1.82) is 0 Å². The van der Waals surface area contributed by atoms with Gasteiger partial charge in [-0.05, 0) is 18.2 Å². The summed E-state index contributed by atoms with van der Waals surface area (Å²) in [4.78, 5) is 34.3. The molecule has 1 aliphatic rings. The van der Waals surface area contributed by atoms with Gasteiger partial charge in [0.25, 0.3) is 11.8 Å². The molecule has 1 aliphatic heterocycles. The summed E-state index contributed by atoms with van der Waals surface area (Å²) >= 11 is 0. The molecule has 1 aromatic carbocycles. The summed E-state index contributed by atoms with van der Waals surface area (Å²) in [7, 11) is 0. The highest BCUT2D eigenvalue weighted by atomic mass is 16.5. The van der Waals surface area contributed by atoms with Crippen molar-refractivity contribution >= 4 is 23.4 Å². The number of benzene rings is 1. The van der Waals surface area contributed by atoms with E-state index in [1.165, 1.54) is 12.1 Å². The molecule has 19 heavy (non-hydrogen) atoms. The third-order valence-corrected chi connectivity index (χ3v) is 2.51. The molecule has 0 aliphatic carbocycles. The minimum atomic E-state index is -0.463. The Labute approximate surface area is 109 Å². The van der Waals surface area contributed by atoms with Gasteiger partial charge in [-0.25, -0.2) is 0 Å². The third kappa shape index (κ3) is 2.95. The summed E-state index contributed by atoms with van der Waals surface area (Å²) in [5.41, 5.74) is 6.22. The number of nitrogens with two attached hydrogens (primary N) is 1. The summed E-state index contributed by atoms with van der Waals surface area (Å²) in [5.74, 6) is -1.24. The molecule has 0 fully saturated rings. The van der Waals surface area contributed by atoms with Crippen LogP contribution in [0.25, 0.3) is 0 Å². The van der Waals surface area contributed by atoms with Crippen molar-refractivity contribution in [1.82, 2.24) is 5.32 Å². The monoisotopic (exact) mass is 263 g/mol. The first kappa shape index (κ1) is 13.2. The fraction of sp³-hybridized carbons (Fsp3) is 0.250. The Balaban J connectivity index is 2.03. The van der Waals surface area contributed by atoms with Crippen LogP contribution in [0.3, 0.4) is 0 Å². The van der Waals surface area contributed by atoms with Gasteiger partial charge in [0.05, 0.1) is 17.7 Å². The van der Waals surface area contributed by atoms with Gasteiger partial charge < -0.3 is 15.8 Å². The van der Waals surface area contributed by atoms with E-state index in [0.29, 0.717) is 24.4 Å². The lowest BCUT2D eigenvalue weighted by molar-refractivity contribution is -0.120. The first-order valence-electron chi connectivity index (χ1n) is 5.69. The highest BCUT2D eigenvalue weighted by Gasteiger charge is 2.26. The Hall–Kier alpha value is -2.25. The van der Waals surface area contributed by atoms with E-state index >= 15 is 0 Å². The fourth-order valence-electron chi connectivity index (χ4n) is 1.69. The zero-order valence-electron chi connectivity index (χ0n) is 10.1. The van der Waals surface area contributed by atoms with Crippen LogP contribution in [-0.2, 0) is 9.53 Å². The van der Waals surface area contributed by atoms with Crippen LogP contribution >= 0.6 is 0 Å². The number of carbonyl (C=O) groups excluding carboxylic acids is 3. The first-order chi connectivity index (χ1) is 9.11. The van der Waals surface area contributed by atoms with Crippen molar-refractivity contribution < 1.29 is 19.1 Å². The zero-order chi connectivity index (χ0) is 13.8. The summed E-state index contributed by atoms with van der Waals surface area (Å²) in [6.07, 6.45) is 0. The molecule has 7 heteroatoms. The van der Waals surface area contributed by atoms with E-state index < -0.39 is 11.8 Å². The molecule has 4 N–H and O–H groups in total. The number of anilines is 1. The molecule has 1 heterocycles. The van der Waals surface area contributed by atoms with Crippen molar-refractivity contribution in [2.75, 3.05) is 25.1 Å². The van der Waals surface area contributed by atoms with Gasteiger partial charge in [0.2, 0.25) is 5.91 Å². The number of carbonyl (C=O) groups is 3. The Kier molecular flexibility index (Phi) is 3.88. The molecule has 0 aromatic heterocycles. The molecule has 7 nitrogen and oxygen atoms in total. The standard InChI is InChI=1S/C12H13N3O4/c13-3-4-19-6-10(16)14-7-1-2-8-9(5-7)12(18)15-11(8)17/h1-2,5H,3-4,6,13H2,(H,14,16)(H,15,17,18). The Bertz CT molecular complexity index is 542. The molecule has 100 valence electrons. The van der Waals surface area contributed by atoms with Crippen molar-refractivity contribution in [3.05, 3.63) is 29.3 Å². The van der Waals surface area contributed by atoms with Gasteiger partial charge in [-0.1, -0.05) is 0 Å². The average molecular weight is 263 g/mol. The van der Waals surface area contributed by atoms with Gasteiger partial charge in [-0.15, -0.1) is 0 Å². The van der Waals surface area contributed by atoms with Gasteiger partial charge in [0, 0.05) is 12.2 Å². The van der Waals surface area contributed by atoms with Crippen LogP contribution in [0.4, 0.5) is 5.69 Å². The highest BCUT2D eigenvalue weighted by Crippen LogP contribution is 2.20. The van der Waals surface area contributed by atoms with E-state index in [9.17, 15) is 14.4 Å². The minimum Gasteiger partial charge on any atom is -0.370 e. The normalized spacial score (nSPS) is 13.1. The van der Waals surface area contributed by atoms with Gasteiger partial charge in [-0.2, -0.15) is 0 Å². The molecule has 0 bridgehead atoms. The molecule has 0 atom stereocenters. The maximum atomic E-state index is 11.5. The second kappa shape index (κ2) is 5.59. The second-order valence-electron chi connectivity index (χ2n) is 3.93. The quantitative estimate of drug-likeness (QED) is 0.489. The number of fused-ring (bicyclic) bond motifs is 1. The van der Waals surface area contributed by atoms with E-state index in [1.54, 1.807) is 6.07 Å². The molecular formula is C12H13N3O4. The molecule has 3 amide bonds. The Morgan fingerprint density at radius 3 is 2.74 bits per heavy atom. The molecule has 1 aromatic rings. The van der Waals surface area contributed by atoms with E-state index in [1.807, 2.05) is 0 Å². The number of rotatable bonds is 5. The molecule has 0 spiro atoms. The first-order valence-corrected chi connectivity index (χ1v) is 5.69. The number of ether oxygens (including phenoxy) is 1. The lowest BCUT2D eigenvalue weighted by Gasteiger charge is -2.06. The Morgan fingerprint density at radius 2 is 2.00 bits per heavy atom. The van der Waals surface area contributed by atoms with Crippen LogP contribution in [0.15, 0.2) is 18.2 Å². The SMILES string of the molecule is NCCOCC(=O)Nc1ccc2c(c1)C(=O)NC2=O. The van der Waals surface area contributed by atoms with Crippen LogP contribution in [0.5, 0.6) is 0 Å². The van der Waals surface area contributed by atoms with Crippen molar-refractivity contribution in [2.45, 2.75) is 0 Å². The molecular weight excluding hydrogens is 250 g/mol. The van der Waals surface area contributed by atoms with Crippen LogP contribution < -0.4 is 16.4 Å². The smallest absolute Gasteiger partial charge is 0.259 e. The average Bonchev–Trinajstić information content (AvgIpc) is 2.65. The molecule has 2 rings (SSSR count). The van der Waals surface area contributed by atoms with Gasteiger partial charge in [0.1, 0.15) is 6.61 Å². The number of imide groups is 1. The van der Waals surface area contributed by atoms with Crippen LogP contribution in [0.1, 0.15) is 20.7 Å². The lowest BCUT2D eigenvalue weighted by atomic mass is 10.1. The third-order valence-electron chi connectivity index (χ3n) is 2.51. The van der Waals surface area contributed by atoms with Crippen molar-refractivity contribution in [3.63, 3.8) is 0 Å². The predicted octanol–water partition coefficient (Wildman–Crippen LogP) is -0.516. The molecule has 0 saturated carbocycles. The number of amides is 3. The maximum absolute atomic E-state index is 11.5.